The molecule has 1 fully saturated rings. The number of amides is 1. The smallest absolute Gasteiger partial charge is 0.255 e. The summed E-state index contributed by atoms with van der Waals surface area (Å²) >= 11 is 7.81. The predicted octanol–water partition coefficient (Wildman–Crippen LogP) is 4.53. The molecule has 0 aliphatic carbocycles. The first-order valence-corrected chi connectivity index (χ1v) is 8.17. The third kappa shape index (κ3) is 3.54. The Balaban J connectivity index is 2.27. The SMILES string of the molecule is CCC1CCCCCN1C(=O)c1cc(S)ccc1Br. The van der Waals surface area contributed by atoms with E-state index in [9.17, 15) is 4.79 Å². The van der Waals surface area contributed by atoms with Gasteiger partial charge in [-0.3, -0.25) is 4.79 Å². The van der Waals surface area contributed by atoms with Crippen molar-refractivity contribution in [1.29, 1.82) is 0 Å². The van der Waals surface area contributed by atoms with Gasteiger partial charge >= 0.3 is 0 Å². The normalized spacial score (nSPS) is 20.2. The molecule has 0 aromatic heterocycles. The van der Waals surface area contributed by atoms with Crippen LogP contribution in [0.1, 0.15) is 49.4 Å². The Morgan fingerprint density at radius 3 is 2.95 bits per heavy atom. The van der Waals surface area contributed by atoms with Gasteiger partial charge in [0.25, 0.3) is 5.91 Å². The number of carbonyl (C=O) groups is 1. The molecule has 1 aromatic carbocycles. The standard InChI is InChI=1S/C15H20BrNOS/c1-2-11-6-4-3-5-9-17(11)15(18)13-10-12(19)7-8-14(13)16/h7-8,10-11,19H,2-6,9H2,1H3. The molecular weight excluding hydrogens is 322 g/mol. The Hall–Kier alpha value is -0.480. The van der Waals surface area contributed by atoms with E-state index in [0.29, 0.717) is 6.04 Å². The third-order valence-electron chi connectivity index (χ3n) is 3.79. The van der Waals surface area contributed by atoms with Gasteiger partial charge in [-0.25, -0.2) is 0 Å². The van der Waals surface area contributed by atoms with Crippen LogP contribution < -0.4 is 0 Å². The molecule has 0 bridgehead atoms. The zero-order valence-electron chi connectivity index (χ0n) is 11.2. The highest BCUT2D eigenvalue weighted by molar-refractivity contribution is 9.10. The van der Waals surface area contributed by atoms with Gasteiger partial charge in [0.2, 0.25) is 0 Å². The molecule has 4 heteroatoms. The fourth-order valence-electron chi connectivity index (χ4n) is 2.70. The van der Waals surface area contributed by atoms with Crippen molar-refractivity contribution in [2.75, 3.05) is 6.54 Å². The van der Waals surface area contributed by atoms with Crippen LogP contribution in [-0.2, 0) is 0 Å². The fraction of sp³-hybridized carbons (Fsp3) is 0.533. The first-order chi connectivity index (χ1) is 9.13. The van der Waals surface area contributed by atoms with Crippen LogP contribution in [0, 0.1) is 0 Å². The third-order valence-corrected chi connectivity index (χ3v) is 4.76. The van der Waals surface area contributed by atoms with Gasteiger partial charge in [-0.05, 0) is 53.4 Å². The minimum Gasteiger partial charge on any atom is -0.336 e. The first-order valence-electron chi connectivity index (χ1n) is 6.93. The zero-order valence-corrected chi connectivity index (χ0v) is 13.7. The van der Waals surface area contributed by atoms with Gasteiger partial charge in [-0.1, -0.05) is 19.8 Å². The average molecular weight is 342 g/mol. The Labute approximate surface area is 129 Å². The van der Waals surface area contributed by atoms with Gasteiger partial charge in [0.15, 0.2) is 0 Å². The lowest BCUT2D eigenvalue weighted by molar-refractivity contribution is 0.0677. The Kier molecular flexibility index (Phi) is 5.34. The molecule has 0 N–H and O–H groups in total. The van der Waals surface area contributed by atoms with E-state index in [2.05, 4.69) is 40.4 Å². The maximum atomic E-state index is 12.8. The second-order valence-electron chi connectivity index (χ2n) is 5.07. The largest absolute Gasteiger partial charge is 0.336 e. The summed E-state index contributed by atoms with van der Waals surface area (Å²) in [5, 5.41) is 0. The van der Waals surface area contributed by atoms with Crippen molar-refractivity contribution in [3.05, 3.63) is 28.2 Å². The minimum absolute atomic E-state index is 0.136. The molecule has 1 amide bonds. The fourth-order valence-corrected chi connectivity index (χ4v) is 3.32. The lowest BCUT2D eigenvalue weighted by Gasteiger charge is -2.29. The molecule has 1 atom stereocenters. The van der Waals surface area contributed by atoms with E-state index in [-0.39, 0.29) is 5.91 Å². The van der Waals surface area contributed by atoms with Gasteiger partial charge in [0.05, 0.1) is 5.56 Å². The van der Waals surface area contributed by atoms with Crippen LogP contribution in [0.4, 0.5) is 0 Å². The van der Waals surface area contributed by atoms with Crippen LogP contribution >= 0.6 is 28.6 Å². The highest BCUT2D eigenvalue weighted by Gasteiger charge is 2.26. The molecule has 1 unspecified atom stereocenters. The summed E-state index contributed by atoms with van der Waals surface area (Å²) in [4.78, 5) is 15.6. The summed E-state index contributed by atoms with van der Waals surface area (Å²) in [6.07, 6.45) is 5.73. The number of likely N-dealkylation sites (tertiary alicyclic amines) is 1. The Bertz CT molecular complexity index is 463. The van der Waals surface area contributed by atoms with Gasteiger partial charge in [0, 0.05) is 22.0 Å². The molecule has 1 aliphatic heterocycles. The molecule has 2 nitrogen and oxygen atoms in total. The van der Waals surface area contributed by atoms with Crippen molar-refractivity contribution in [1.82, 2.24) is 4.90 Å². The molecule has 19 heavy (non-hydrogen) atoms. The number of carbonyl (C=O) groups excluding carboxylic acids is 1. The summed E-state index contributed by atoms with van der Waals surface area (Å²) in [7, 11) is 0. The van der Waals surface area contributed by atoms with E-state index in [1.807, 2.05) is 18.2 Å². The van der Waals surface area contributed by atoms with Crippen LogP contribution in [-0.4, -0.2) is 23.4 Å². The van der Waals surface area contributed by atoms with Crippen molar-refractivity contribution < 1.29 is 4.79 Å². The average Bonchev–Trinajstić information content (AvgIpc) is 2.65. The van der Waals surface area contributed by atoms with Crippen LogP contribution in [0.2, 0.25) is 0 Å². The summed E-state index contributed by atoms with van der Waals surface area (Å²) < 4.78 is 0.856. The molecule has 104 valence electrons. The highest BCUT2D eigenvalue weighted by Crippen LogP contribution is 2.26. The number of thiol groups is 1. The van der Waals surface area contributed by atoms with E-state index in [1.165, 1.54) is 12.8 Å². The highest BCUT2D eigenvalue weighted by atomic mass is 79.9. The number of hydrogen-bond donors (Lipinski definition) is 1. The Morgan fingerprint density at radius 1 is 1.42 bits per heavy atom. The monoisotopic (exact) mass is 341 g/mol. The number of hydrogen-bond acceptors (Lipinski definition) is 2. The number of halogens is 1. The molecule has 2 rings (SSSR count). The van der Waals surface area contributed by atoms with Crippen molar-refractivity contribution >= 4 is 34.5 Å². The van der Waals surface area contributed by atoms with Gasteiger partial charge in [-0.15, -0.1) is 12.6 Å². The van der Waals surface area contributed by atoms with Crippen LogP contribution in [0.15, 0.2) is 27.6 Å². The summed E-state index contributed by atoms with van der Waals surface area (Å²) in [5.74, 6) is 0.136. The molecule has 0 spiro atoms. The maximum Gasteiger partial charge on any atom is 0.255 e. The second kappa shape index (κ2) is 6.80. The topological polar surface area (TPSA) is 20.3 Å². The van der Waals surface area contributed by atoms with E-state index in [0.717, 1.165) is 40.7 Å². The van der Waals surface area contributed by atoms with Gasteiger partial charge in [-0.2, -0.15) is 0 Å². The summed E-state index contributed by atoms with van der Waals surface area (Å²) in [6.45, 7) is 3.04. The number of benzene rings is 1. The van der Waals surface area contributed by atoms with Crippen molar-refractivity contribution in [2.45, 2.75) is 50.0 Å². The molecular formula is C15H20BrNOS. The summed E-state index contributed by atoms with van der Waals surface area (Å²) in [6, 6.07) is 6.02. The van der Waals surface area contributed by atoms with E-state index < -0.39 is 0 Å². The lowest BCUT2D eigenvalue weighted by Crippen LogP contribution is -2.39. The van der Waals surface area contributed by atoms with Crippen molar-refractivity contribution in [3.63, 3.8) is 0 Å². The number of nitrogens with zero attached hydrogens (tertiary/aromatic N) is 1. The summed E-state index contributed by atoms with van der Waals surface area (Å²) in [5.41, 5.74) is 0.729. The lowest BCUT2D eigenvalue weighted by atomic mass is 10.1. The molecule has 1 saturated heterocycles. The molecule has 0 radical (unpaired) electrons. The van der Waals surface area contributed by atoms with E-state index >= 15 is 0 Å². The van der Waals surface area contributed by atoms with Crippen LogP contribution in [0.3, 0.4) is 0 Å². The maximum absolute atomic E-state index is 12.8. The van der Waals surface area contributed by atoms with Gasteiger partial charge in [0.1, 0.15) is 0 Å². The first kappa shape index (κ1) is 14.9. The Morgan fingerprint density at radius 2 is 2.21 bits per heavy atom. The van der Waals surface area contributed by atoms with Crippen molar-refractivity contribution in [2.24, 2.45) is 0 Å². The predicted molar refractivity (Wildman–Crippen MR) is 85.0 cm³/mol. The zero-order chi connectivity index (χ0) is 13.8. The second-order valence-corrected chi connectivity index (χ2v) is 6.44. The molecule has 1 aromatic rings. The van der Waals surface area contributed by atoms with Crippen LogP contribution in [0.25, 0.3) is 0 Å². The molecule has 1 heterocycles. The van der Waals surface area contributed by atoms with E-state index in [1.54, 1.807) is 0 Å². The quantitative estimate of drug-likeness (QED) is 0.783. The number of rotatable bonds is 2. The van der Waals surface area contributed by atoms with Gasteiger partial charge < -0.3 is 4.90 Å². The van der Waals surface area contributed by atoms with Crippen LogP contribution in [0.5, 0.6) is 0 Å². The minimum atomic E-state index is 0.136. The molecule has 0 saturated carbocycles. The van der Waals surface area contributed by atoms with E-state index in [4.69, 9.17) is 0 Å². The van der Waals surface area contributed by atoms with Crippen molar-refractivity contribution in [3.8, 4) is 0 Å². The molecule has 1 aliphatic rings.